The SMILES string of the molecule is Cc1ccc(-c2c(C)oc3cc(C)nn23)c(Cl)c1. The highest BCUT2D eigenvalue weighted by Crippen LogP contribution is 2.33. The summed E-state index contributed by atoms with van der Waals surface area (Å²) < 4.78 is 7.51. The van der Waals surface area contributed by atoms with Gasteiger partial charge in [-0.1, -0.05) is 23.7 Å². The second-order valence-electron chi connectivity index (χ2n) is 4.53. The molecule has 0 fully saturated rings. The van der Waals surface area contributed by atoms with Gasteiger partial charge in [0.15, 0.2) is 0 Å². The summed E-state index contributed by atoms with van der Waals surface area (Å²) in [5.41, 5.74) is 4.68. The first-order valence-corrected chi connectivity index (χ1v) is 6.16. The summed E-state index contributed by atoms with van der Waals surface area (Å²) in [4.78, 5) is 0. The Morgan fingerprint density at radius 3 is 2.67 bits per heavy atom. The van der Waals surface area contributed by atoms with Gasteiger partial charge in [0.05, 0.1) is 10.7 Å². The topological polar surface area (TPSA) is 30.4 Å². The van der Waals surface area contributed by atoms with Gasteiger partial charge in [-0.25, -0.2) is 0 Å². The van der Waals surface area contributed by atoms with Crippen LogP contribution in [0, 0.1) is 20.8 Å². The Kier molecular flexibility index (Phi) is 2.45. The van der Waals surface area contributed by atoms with Crippen molar-refractivity contribution in [3.05, 3.63) is 46.3 Å². The molecule has 0 aliphatic heterocycles. The molecule has 0 bridgehead atoms. The van der Waals surface area contributed by atoms with E-state index in [-0.39, 0.29) is 0 Å². The molecule has 0 saturated carbocycles. The maximum atomic E-state index is 6.32. The van der Waals surface area contributed by atoms with E-state index in [2.05, 4.69) is 5.10 Å². The van der Waals surface area contributed by atoms with E-state index in [1.165, 1.54) is 0 Å². The molecule has 2 aromatic heterocycles. The zero-order chi connectivity index (χ0) is 12.9. The highest BCUT2D eigenvalue weighted by molar-refractivity contribution is 6.33. The zero-order valence-electron chi connectivity index (χ0n) is 10.5. The van der Waals surface area contributed by atoms with Gasteiger partial charge in [-0.3, -0.25) is 0 Å². The third kappa shape index (κ3) is 1.63. The third-order valence-electron chi connectivity index (χ3n) is 2.98. The molecule has 0 atom stereocenters. The van der Waals surface area contributed by atoms with Gasteiger partial charge in [0, 0.05) is 11.6 Å². The highest BCUT2D eigenvalue weighted by atomic mass is 35.5. The van der Waals surface area contributed by atoms with Crippen molar-refractivity contribution in [1.29, 1.82) is 0 Å². The van der Waals surface area contributed by atoms with Crippen LogP contribution in [0.3, 0.4) is 0 Å². The van der Waals surface area contributed by atoms with Gasteiger partial charge >= 0.3 is 0 Å². The van der Waals surface area contributed by atoms with Crippen LogP contribution < -0.4 is 0 Å². The molecule has 3 aromatic rings. The maximum absolute atomic E-state index is 6.32. The molecule has 92 valence electrons. The van der Waals surface area contributed by atoms with Crippen LogP contribution in [0.4, 0.5) is 0 Å². The van der Waals surface area contributed by atoms with Crippen LogP contribution in [0.5, 0.6) is 0 Å². The van der Waals surface area contributed by atoms with Gasteiger partial charge in [0.2, 0.25) is 5.71 Å². The van der Waals surface area contributed by atoms with Crippen molar-refractivity contribution < 1.29 is 4.42 Å². The molecule has 2 heterocycles. The number of aromatic nitrogens is 2. The van der Waals surface area contributed by atoms with Crippen molar-refractivity contribution in [3.8, 4) is 11.3 Å². The lowest BCUT2D eigenvalue weighted by atomic mass is 10.1. The molecule has 0 spiro atoms. The molecular weight excluding hydrogens is 248 g/mol. The minimum Gasteiger partial charge on any atom is -0.441 e. The van der Waals surface area contributed by atoms with Gasteiger partial charge in [-0.05, 0) is 32.4 Å². The fraction of sp³-hybridized carbons (Fsp3) is 0.214. The quantitative estimate of drug-likeness (QED) is 0.657. The number of hydrogen-bond acceptors (Lipinski definition) is 2. The number of nitrogens with zero attached hydrogens (tertiary/aromatic N) is 2. The Balaban J connectivity index is 2.33. The second kappa shape index (κ2) is 3.89. The van der Waals surface area contributed by atoms with Gasteiger partial charge in [0.1, 0.15) is 11.5 Å². The first kappa shape index (κ1) is 11.4. The van der Waals surface area contributed by atoms with Crippen LogP contribution in [0.15, 0.2) is 28.7 Å². The van der Waals surface area contributed by atoms with Crippen molar-refractivity contribution >= 4 is 17.3 Å². The first-order chi connectivity index (χ1) is 8.56. The third-order valence-corrected chi connectivity index (χ3v) is 3.29. The molecule has 0 radical (unpaired) electrons. The minimum atomic E-state index is 0.717. The van der Waals surface area contributed by atoms with E-state index < -0.39 is 0 Å². The Morgan fingerprint density at radius 2 is 1.94 bits per heavy atom. The summed E-state index contributed by atoms with van der Waals surface area (Å²) in [6.45, 7) is 5.89. The Hall–Kier alpha value is -1.74. The minimum absolute atomic E-state index is 0.717. The number of oxazole rings is 1. The van der Waals surface area contributed by atoms with E-state index in [1.807, 2.05) is 45.0 Å². The average Bonchev–Trinajstić information content (AvgIpc) is 2.75. The van der Waals surface area contributed by atoms with Crippen molar-refractivity contribution in [3.63, 3.8) is 0 Å². The van der Waals surface area contributed by atoms with E-state index in [0.29, 0.717) is 5.02 Å². The van der Waals surface area contributed by atoms with Gasteiger partial charge in [-0.15, -0.1) is 0 Å². The second-order valence-corrected chi connectivity index (χ2v) is 4.93. The molecule has 0 aliphatic rings. The Morgan fingerprint density at radius 1 is 1.17 bits per heavy atom. The molecule has 3 rings (SSSR count). The van der Waals surface area contributed by atoms with E-state index in [0.717, 1.165) is 34.0 Å². The van der Waals surface area contributed by atoms with E-state index in [9.17, 15) is 0 Å². The highest BCUT2D eigenvalue weighted by Gasteiger charge is 2.16. The number of benzene rings is 1. The molecule has 0 amide bonds. The van der Waals surface area contributed by atoms with Crippen molar-refractivity contribution in [1.82, 2.24) is 9.61 Å². The Bertz CT molecular complexity index is 740. The predicted molar refractivity (Wildman–Crippen MR) is 72.1 cm³/mol. The van der Waals surface area contributed by atoms with Crippen LogP contribution in [0.1, 0.15) is 17.0 Å². The van der Waals surface area contributed by atoms with E-state index >= 15 is 0 Å². The van der Waals surface area contributed by atoms with Gasteiger partial charge in [0.25, 0.3) is 0 Å². The van der Waals surface area contributed by atoms with Gasteiger partial charge < -0.3 is 4.42 Å². The standard InChI is InChI=1S/C14H13ClN2O/c1-8-4-5-11(12(15)6-8)14-10(3)18-13-7-9(2)16-17(13)14/h4-7H,1-3H3. The van der Waals surface area contributed by atoms with Crippen molar-refractivity contribution in [2.45, 2.75) is 20.8 Å². The summed E-state index contributed by atoms with van der Waals surface area (Å²) in [5, 5.41) is 5.15. The molecule has 4 heteroatoms. The lowest BCUT2D eigenvalue weighted by molar-refractivity contribution is 0.573. The Labute approximate surface area is 110 Å². The van der Waals surface area contributed by atoms with Gasteiger partial charge in [-0.2, -0.15) is 9.61 Å². The first-order valence-electron chi connectivity index (χ1n) is 5.78. The van der Waals surface area contributed by atoms with E-state index in [4.69, 9.17) is 16.0 Å². The maximum Gasteiger partial charge on any atom is 0.222 e. The van der Waals surface area contributed by atoms with Crippen LogP contribution in [-0.4, -0.2) is 9.61 Å². The van der Waals surface area contributed by atoms with Crippen LogP contribution in [-0.2, 0) is 0 Å². The van der Waals surface area contributed by atoms with Crippen LogP contribution >= 0.6 is 11.6 Å². The van der Waals surface area contributed by atoms with Crippen LogP contribution in [0.25, 0.3) is 17.0 Å². The number of fused-ring (bicyclic) bond motifs is 1. The number of halogens is 1. The molecular formula is C14H13ClN2O. The molecule has 0 saturated heterocycles. The lowest BCUT2D eigenvalue weighted by Gasteiger charge is -2.04. The summed E-state index contributed by atoms with van der Waals surface area (Å²) >= 11 is 6.32. The fourth-order valence-electron chi connectivity index (χ4n) is 2.18. The van der Waals surface area contributed by atoms with Crippen LogP contribution in [0.2, 0.25) is 5.02 Å². The normalized spacial score (nSPS) is 11.3. The fourth-order valence-corrected chi connectivity index (χ4v) is 2.50. The van der Waals surface area contributed by atoms with Crippen molar-refractivity contribution in [2.75, 3.05) is 0 Å². The zero-order valence-corrected chi connectivity index (χ0v) is 11.2. The van der Waals surface area contributed by atoms with E-state index in [1.54, 1.807) is 4.52 Å². The summed E-state index contributed by atoms with van der Waals surface area (Å²) in [5.74, 6) is 0.822. The molecule has 0 aliphatic carbocycles. The molecule has 1 aromatic carbocycles. The van der Waals surface area contributed by atoms with Crippen molar-refractivity contribution in [2.24, 2.45) is 0 Å². The number of rotatable bonds is 1. The summed E-state index contributed by atoms with van der Waals surface area (Å²) in [6.07, 6.45) is 0. The molecule has 18 heavy (non-hydrogen) atoms. The summed E-state index contributed by atoms with van der Waals surface area (Å²) in [6, 6.07) is 7.91. The monoisotopic (exact) mass is 260 g/mol. The predicted octanol–water partition coefficient (Wildman–Crippen LogP) is 4.17. The number of hydrogen-bond donors (Lipinski definition) is 0. The smallest absolute Gasteiger partial charge is 0.222 e. The molecule has 3 nitrogen and oxygen atoms in total. The lowest BCUT2D eigenvalue weighted by Crippen LogP contribution is -1.92. The summed E-state index contributed by atoms with van der Waals surface area (Å²) in [7, 11) is 0. The largest absolute Gasteiger partial charge is 0.441 e. The molecule has 0 unspecified atom stereocenters. The average molecular weight is 261 g/mol. The number of aryl methyl sites for hydroxylation is 3. The molecule has 0 N–H and O–H groups in total.